The summed E-state index contributed by atoms with van der Waals surface area (Å²) in [6, 6.07) is 5.15. The zero-order chi connectivity index (χ0) is 25.9. The summed E-state index contributed by atoms with van der Waals surface area (Å²) in [5.74, 6) is -0.266. The Morgan fingerprint density at radius 2 is 2.11 bits per heavy atom. The third kappa shape index (κ3) is 6.64. The Bertz CT molecular complexity index is 1070. The summed E-state index contributed by atoms with van der Waals surface area (Å²) in [5, 5.41) is 21.1. The van der Waals surface area contributed by atoms with E-state index in [0.717, 1.165) is 41.1 Å². The SMILES string of the molecule is CC(C)(C)C(=O)n1nc(C2CN(CCN3CCOCC3C(=O)O)CCN2)cc1NCc1ccc(Cl)s1. The van der Waals surface area contributed by atoms with E-state index >= 15 is 0 Å². The number of carbonyl (C=O) groups excluding carboxylic acids is 1. The molecule has 0 aromatic carbocycles. The van der Waals surface area contributed by atoms with Crippen molar-refractivity contribution in [2.45, 2.75) is 39.4 Å². The number of carboxylic acids is 1. The van der Waals surface area contributed by atoms with Crippen molar-refractivity contribution in [1.82, 2.24) is 24.9 Å². The molecule has 2 atom stereocenters. The molecule has 2 saturated heterocycles. The molecule has 12 heteroatoms. The quantitative estimate of drug-likeness (QED) is 0.467. The van der Waals surface area contributed by atoms with Crippen LogP contribution in [0.3, 0.4) is 0 Å². The number of nitrogens with one attached hydrogen (secondary N) is 2. The van der Waals surface area contributed by atoms with Crippen molar-refractivity contribution >= 4 is 40.6 Å². The van der Waals surface area contributed by atoms with E-state index in [0.29, 0.717) is 32.1 Å². The second-order valence-electron chi connectivity index (χ2n) is 10.3. The molecule has 3 N–H and O–H groups in total. The molecule has 4 heterocycles. The van der Waals surface area contributed by atoms with Crippen LogP contribution in [0, 0.1) is 5.41 Å². The van der Waals surface area contributed by atoms with E-state index in [1.807, 2.05) is 43.9 Å². The van der Waals surface area contributed by atoms with E-state index in [4.69, 9.17) is 21.4 Å². The molecule has 2 aliphatic rings. The third-order valence-electron chi connectivity index (χ3n) is 6.48. The largest absolute Gasteiger partial charge is 0.480 e. The summed E-state index contributed by atoms with van der Waals surface area (Å²) in [4.78, 5) is 30.1. The Morgan fingerprint density at radius 1 is 1.31 bits per heavy atom. The number of piperazine rings is 1. The Kier molecular flexibility index (Phi) is 8.69. The number of ether oxygens (including phenoxy) is 1. The van der Waals surface area contributed by atoms with Crippen LogP contribution in [0.4, 0.5) is 5.82 Å². The molecular formula is C24H35ClN6O4S. The summed E-state index contributed by atoms with van der Waals surface area (Å²) < 4.78 is 7.56. The summed E-state index contributed by atoms with van der Waals surface area (Å²) in [6.07, 6.45) is 0. The zero-order valence-corrected chi connectivity index (χ0v) is 22.6. The minimum Gasteiger partial charge on any atom is -0.480 e. The Morgan fingerprint density at radius 3 is 2.81 bits per heavy atom. The normalized spacial score (nSPS) is 22.0. The van der Waals surface area contributed by atoms with E-state index in [-0.39, 0.29) is 18.6 Å². The number of aromatic nitrogens is 2. The second kappa shape index (κ2) is 11.6. The monoisotopic (exact) mass is 538 g/mol. The van der Waals surface area contributed by atoms with Gasteiger partial charge in [0.1, 0.15) is 11.9 Å². The van der Waals surface area contributed by atoms with Gasteiger partial charge in [-0.1, -0.05) is 32.4 Å². The molecule has 0 saturated carbocycles. The summed E-state index contributed by atoms with van der Waals surface area (Å²) >= 11 is 7.57. The first kappa shape index (κ1) is 27.0. The van der Waals surface area contributed by atoms with E-state index in [1.54, 1.807) is 0 Å². The number of hydrogen-bond acceptors (Lipinski definition) is 9. The topological polar surface area (TPSA) is 112 Å². The highest BCUT2D eigenvalue weighted by molar-refractivity contribution is 7.16. The van der Waals surface area contributed by atoms with Crippen LogP contribution in [0.1, 0.15) is 42.2 Å². The van der Waals surface area contributed by atoms with Crippen LogP contribution in [0.15, 0.2) is 18.2 Å². The standard InChI is InChI=1S/C24H35ClN6O4S/c1-24(2,3)23(34)31-21(27-13-16-4-5-20(25)36-16)12-17(28-31)18-14-29(7-6-26-18)8-9-30-10-11-35-15-19(30)22(32)33/h4-5,12,18-19,26-27H,6-11,13-15H2,1-3H3,(H,32,33). The number of anilines is 1. The predicted octanol–water partition coefficient (Wildman–Crippen LogP) is 2.63. The number of hydrogen-bond donors (Lipinski definition) is 3. The van der Waals surface area contributed by atoms with E-state index in [1.165, 1.54) is 16.0 Å². The van der Waals surface area contributed by atoms with Gasteiger partial charge in [-0.05, 0) is 12.1 Å². The molecule has 2 unspecified atom stereocenters. The van der Waals surface area contributed by atoms with Crippen LogP contribution in [-0.4, -0.2) is 95.1 Å². The minimum absolute atomic E-state index is 0.0375. The van der Waals surface area contributed by atoms with Crippen molar-refractivity contribution in [2.24, 2.45) is 5.41 Å². The van der Waals surface area contributed by atoms with Crippen LogP contribution in [0.5, 0.6) is 0 Å². The van der Waals surface area contributed by atoms with Gasteiger partial charge in [0.25, 0.3) is 5.91 Å². The van der Waals surface area contributed by atoms with Gasteiger partial charge in [-0.3, -0.25) is 19.4 Å². The van der Waals surface area contributed by atoms with Gasteiger partial charge in [0.15, 0.2) is 0 Å². The van der Waals surface area contributed by atoms with Crippen molar-refractivity contribution in [3.63, 3.8) is 0 Å². The van der Waals surface area contributed by atoms with Crippen LogP contribution in [-0.2, 0) is 16.1 Å². The fourth-order valence-electron chi connectivity index (χ4n) is 4.41. The van der Waals surface area contributed by atoms with Crippen LogP contribution < -0.4 is 10.6 Å². The van der Waals surface area contributed by atoms with Crippen molar-refractivity contribution in [3.8, 4) is 0 Å². The molecule has 198 valence electrons. The first-order chi connectivity index (χ1) is 17.1. The predicted molar refractivity (Wildman–Crippen MR) is 140 cm³/mol. The number of rotatable bonds is 8. The van der Waals surface area contributed by atoms with E-state index in [2.05, 4.69) is 15.5 Å². The highest BCUT2D eigenvalue weighted by Crippen LogP contribution is 2.27. The average Bonchev–Trinajstić information content (AvgIpc) is 3.46. The van der Waals surface area contributed by atoms with Crippen LogP contribution in [0.25, 0.3) is 0 Å². The number of carboxylic acid groups (broad SMARTS) is 1. The molecule has 36 heavy (non-hydrogen) atoms. The maximum atomic E-state index is 13.2. The Labute approximate surface area is 220 Å². The molecule has 10 nitrogen and oxygen atoms in total. The van der Waals surface area contributed by atoms with Crippen LogP contribution >= 0.6 is 22.9 Å². The summed E-state index contributed by atoms with van der Waals surface area (Å²) in [7, 11) is 0. The van der Waals surface area contributed by atoms with Gasteiger partial charge in [-0.25, -0.2) is 0 Å². The van der Waals surface area contributed by atoms with Gasteiger partial charge in [0.2, 0.25) is 0 Å². The number of carbonyl (C=O) groups is 2. The lowest BCUT2D eigenvalue weighted by atomic mass is 9.96. The molecule has 0 spiro atoms. The van der Waals surface area contributed by atoms with Gasteiger partial charge in [-0.15, -0.1) is 11.3 Å². The first-order valence-electron chi connectivity index (χ1n) is 12.2. The maximum absolute atomic E-state index is 13.2. The molecule has 0 aliphatic carbocycles. The van der Waals surface area contributed by atoms with Crippen LogP contribution in [0.2, 0.25) is 4.34 Å². The molecule has 0 bridgehead atoms. The fraction of sp³-hybridized carbons (Fsp3) is 0.625. The highest BCUT2D eigenvalue weighted by Gasteiger charge is 2.32. The number of aliphatic carboxylic acids is 1. The van der Waals surface area contributed by atoms with Gasteiger partial charge >= 0.3 is 5.97 Å². The molecule has 2 aromatic heterocycles. The third-order valence-corrected chi connectivity index (χ3v) is 7.71. The average molecular weight is 539 g/mol. The number of halogens is 1. The number of thiophene rings is 1. The molecule has 2 aliphatic heterocycles. The Balaban J connectivity index is 1.44. The molecule has 0 radical (unpaired) electrons. The van der Waals surface area contributed by atoms with Crippen molar-refractivity contribution in [3.05, 3.63) is 33.1 Å². The van der Waals surface area contributed by atoms with Gasteiger partial charge in [0, 0.05) is 55.6 Å². The van der Waals surface area contributed by atoms with Gasteiger partial charge in [-0.2, -0.15) is 9.78 Å². The van der Waals surface area contributed by atoms with Crippen molar-refractivity contribution < 1.29 is 19.4 Å². The van der Waals surface area contributed by atoms with E-state index < -0.39 is 17.4 Å². The molecule has 4 rings (SSSR count). The lowest BCUT2D eigenvalue weighted by Crippen LogP contribution is -2.53. The first-order valence-corrected chi connectivity index (χ1v) is 13.4. The van der Waals surface area contributed by atoms with Crippen molar-refractivity contribution in [1.29, 1.82) is 0 Å². The minimum atomic E-state index is -0.841. The lowest BCUT2D eigenvalue weighted by molar-refractivity contribution is -0.149. The fourth-order valence-corrected chi connectivity index (χ4v) is 5.43. The maximum Gasteiger partial charge on any atom is 0.323 e. The second-order valence-corrected chi connectivity index (χ2v) is 12.1. The zero-order valence-electron chi connectivity index (χ0n) is 21.0. The van der Waals surface area contributed by atoms with Gasteiger partial charge in [0.05, 0.1) is 35.8 Å². The Hall–Kier alpha value is -2.02. The lowest BCUT2D eigenvalue weighted by Gasteiger charge is -2.37. The number of nitrogens with zero attached hydrogens (tertiary/aromatic N) is 4. The van der Waals surface area contributed by atoms with E-state index in [9.17, 15) is 14.7 Å². The summed E-state index contributed by atoms with van der Waals surface area (Å²) in [6.45, 7) is 11.4. The highest BCUT2D eigenvalue weighted by atomic mass is 35.5. The molecular weight excluding hydrogens is 504 g/mol. The summed E-state index contributed by atoms with van der Waals surface area (Å²) in [5.41, 5.74) is 0.218. The van der Waals surface area contributed by atoms with Gasteiger partial charge < -0.3 is 20.5 Å². The smallest absolute Gasteiger partial charge is 0.323 e. The van der Waals surface area contributed by atoms with Crippen molar-refractivity contribution in [2.75, 3.05) is 57.8 Å². The molecule has 2 fully saturated rings. The number of morpholine rings is 1. The molecule has 0 amide bonds. The molecule has 2 aromatic rings.